The van der Waals surface area contributed by atoms with Crippen LogP contribution in [0.25, 0.3) is 0 Å². The smallest absolute Gasteiger partial charge is 0.232 e. The first-order chi connectivity index (χ1) is 9.04. The van der Waals surface area contributed by atoms with E-state index in [0.717, 1.165) is 24.1 Å². The van der Waals surface area contributed by atoms with Crippen molar-refractivity contribution in [2.24, 2.45) is 5.92 Å². The van der Waals surface area contributed by atoms with E-state index in [4.69, 9.17) is 0 Å². The van der Waals surface area contributed by atoms with Crippen molar-refractivity contribution in [3.8, 4) is 0 Å². The summed E-state index contributed by atoms with van der Waals surface area (Å²) in [5.41, 5.74) is 1.53. The first-order valence-corrected chi connectivity index (χ1v) is 7.63. The summed E-state index contributed by atoms with van der Waals surface area (Å²) in [6.07, 6.45) is 4.46. The molecular weight excluding hydrogens is 309 g/mol. The molecule has 2 nitrogen and oxygen atoms in total. The number of amides is 1. The normalized spacial score (nSPS) is 19.2. The van der Waals surface area contributed by atoms with Gasteiger partial charge in [-0.2, -0.15) is 0 Å². The Labute approximate surface area is 121 Å². The second-order valence-electron chi connectivity index (χ2n) is 5.29. The van der Waals surface area contributed by atoms with Gasteiger partial charge in [-0.3, -0.25) is 4.79 Å². The van der Waals surface area contributed by atoms with E-state index in [1.54, 1.807) is 0 Å². The lowest BCUT2D eigenvalue weighted by atomic mass is 9.85. The third-order valence-corrected chi connectivity index (χ3v) is 4.41. The van der Waals surface area contributed by atoms with Crippen LogP contribution in [-0.4, -0.2) is 5.91 Å². The lowest BCUT2D eigenvalue weighted by Gasteiger charge is -2.17. The summed E-state index contributed by atoms with van der Waals surface area (Å²) in [4.78, 5) is 12.1. The van der Waals surface area contributed by atoms with E-state index >= 15 is 0 Å². The van der Waals surface area contributed by atoms with Crippen molar-refractivity contribution >= 4 is 27.5 Å². The molecule has 0 radical (unpaired) electrons. The monoisotopic (exact) mass is 327 g/mol. The van der Waals surface area contributed by atoms with Gasteiger partial charge in [0.1, 0.15) is 5.82 Å². The lowest BCUT2D eigenvalue weighted by Crippen LogP contribution is -2.19. The summed E-state index contributed by atoms with van der Waals surface area (Å²) >= 11 is 3.31. The molecule has 0 aliphatic carbocycles. The third kappa shape index (κ3) is 2.99. The van der Waals surface area contributed by atoms with Crippen LogP contribution in [0, 0.1) is 11.7 Å². The Balaban J connectivity index is 2.22. The topological polar surface area (TPSA) is 29.1 Å². The number of carbonyl (C=O) groups excluding carboxylic acids is 1. The van der Waals surface area contributed by atoms with Crippen molar-refractivity contribution in [2.45, 2.75) is 45.4 Å². The molecule has 1 aliphatic rings. The van der Waals surface area contributed by atoms with E-state index in [0.29, 0.717) is 4.47 Å². The maximum absolute atomic E-state index is 13.5. The van der Waals surface area contributed by atoms with Crippen molar-refractivity contribution < 1.29 is 9.18 Å². The third-order valence-electron chi connectivity index (χ3n) is 3.78. The van der Waals surface area contributed by atoms with Gasteiger partial charge in [-0.05, 0) is 46.0 Å². The minimum atomic E-state index is -0.298. The molecule has 1 heterocycles. The maximum Gasteiger partial charge on any atom is 0.232 e. The van der Waals surface area contributed by atoms with E-state index in [-0.39, 0.29) is 23.6 Å². The molecule has 2 rings (SSSR count). The van der Waals surface area contributed by atoms with Crippen molar-refractivity contribution in [1.29, 1.82) is 0 Å². The summed E-state index contributed by atoms with van der Waals surface area (Å²) in [6.45, 7) is 4.24. The summed E-state index contributed by atoms with van der Waals surface area (Å²) in [7, 11) is 0. The maximum atomic E-state index is 13.5. The first-order valence-electron chi connectivity index (χ1n) is 6.84. The van der Waals surface area contributed by atoms with Gasteiger partial charge >= 0.3 is 0 Å². The zero-order valence-electron chi connectivity index (χ0n) is 11.3. The highest BCUT2D eigenvalue weighted by molar-refractivity contribution is 9.10. The number of hydrogen-bond acceptors (Lipinski definition) is 1. The Kier molecular flexibility index (Phi) is 4.61. The van der Waals surface area contributed by atoms with Gasteiger partial charge in [-0.15, -0.1) is 0 Å². The van der Waals surface area contributed by atoms with Gasteiger partial charge in [-0.25, -0.2) is 4.39 Å². The predicted molar refractivity (Wildman–Crippen MR) is 78.8 cm³/mol. The van der Waals surface area contributed by atoms with Gasteiger partial charge in [0.2, 0.25) is 5.91 Å². The van der Waals surface area contributed by atoms with Gasteiger partial charge in [0.05, 0.1) is 11.6 Å². The minimum absolute atomic E-state index is 0.00898. The number of anilines is 1. The average molecular weight is 328 g/mol. The van der Waals surface area contributed by atoms with Gasteiger partial charge in [-0.1, -0.05) is 33.1 Å². The number of rotatable bonds is 5. The predicted octanol–water partition coefficient (Wildman–Crippen LogP) is 4.84. The van der Waals surface area contributed by atoms with Crippen LogP contribution in [0.15, 0.2) is 16.6 Å². The zero-order chi connectivity index (χ0) is 14.0. The molecule has 0 spiro atoms. The van der Waals surface area contributed by atoms with E-state index in [2.05, 4.69) is 35.1 Å². The Hall–Kier alpha value is -0.900. The molecule has 19 heavy (non-hydrogen) atoms. The first kappa shape index (κ1) is 14.5. The number of halogens is 2. The zero-order valence-corrected chi connectivity index (χ0v) is 12.9. The molecule has 2 unspecified atom stereocenters. The standard InChI is InChI=1S/C15H19BrFNO/c1-3-4-5-6-9(2)13-11-7-10(17)8-12(16)14(11)18-15(13)19/h7-9,13H,3-6H2,1-2H3,(H,18,19). The fraction of sp³-hybridized carbons (Fsp3) is 0.533. The highest BCUT2D eigenvalue weighted by atomic mass is 79.9. The summed E-state index contributed by atoms with van der Waals surface area (Å²) in [5.74, 6) is -0.293. The lowest BCUT2D eigenvalue weighted by molar-refractivity contribution is -0.118. The van der Waals surface area contributed by atoms with Crippen molar-refractivity contribution in [1.82, 2.24) is 0 Å². The second-order valence-corrected chi connectivity index (χ2v) is 6.15. The van der Waals surface area contributed by atoms with Crippen LogP contribution in [0.1, 0.15) is 51.0 Å². The molecule has 1 aromatic rings. The highest BCUT2D eigenvalue weighted by Gasteiger charge is 2.36. The molecular formula is C15H19BrFNO. The summed E-state index contributed by atoms with van der Waals surface area (Å²) < 4.78 is 14.1. The number of carbonyl (C=O) groups is 1. The molecule has 0 bridgehead atoms. The fourth-order valence-corrected chi connectivity index (χ4v) is 3.31. The van der Waals surface area contributed by atoms with E-state index < -0.39 is 0 Å². The molecule has 0 fully saturated rings. The van der Waals surface area contributed by atoms with Gasteiger partial charge in [0, 0.05) is 4.47 Å². The fourth-order valence-electron chi connectivity index (χ4n) is 2.76. The van der Waals surface area contributed by atoms with Crippen LogP contribution in [0.3, 0.4) is 0 Å². The number of hydrogen-bond donors (Lipinski definition) is 1. The largest absolute Gasteiger partial charge is 0.324 e. The van der Waals surface area contributed by atoms with Gasteiger partial charge in [0.25, 0.3) is 0 Å². The van der Waals surface area contributed by atoms with Crippen LogP contribution in [0.5, 0.6) is 0 Å². The van der Waals surface area contributed by atoms with E-state index in [1.807, 2.05) is 0 Å². The molecule has 0 saturated heterocycles. The minimum Gasteiger partial charge on any atom is -0.324 e. The molecule has 104 valence electrons. The van der Waals surface area contributed by atoms with E-state index in [9.17, 15) is 9.18 Å². The number of fused-ring (bicyclic) bond motifs is 1. The van der Waals surface area contributed by atoms with Crippen LogP contribution in [-0.2, 0) is 4.79 Å². The van der Waals surface area contributed by atoms with Crippen molar-refractivity contribution in [3.05, 3.63) is 28.0 Å². The molecule has 1 aliphatic heterocycles. The van der Waals surface area contributed by atoms with Crippen LogP contribution in [0.4, 0.5) is 10.1 Å². The summed E-state index contributed by atoms with van der Waals surface area (Å²) in [6, 6.07) is 2.88. The number of benzene rings is 1. The quantitative estimate of drug-likeness (QED) is 0.770. The second kappa shape index (κ2) is 6.04. The molecule has 1 N–H and O–H groups in total. The van der Waals surface area contributed by atoms with E-state index in [1.165, 1.54) is 25.0 Å². The average Bonchev–Trinajstić information content (AvgIpc) is 2.66. The molecule has 1 aromatic carbocycles. The van der Waals surface area contributed by atoms with Crippen LogP contribution < -0.4 is 5.32 Å². The van der Waals surface area contributed by atoms with Crippen LogP contribution in [0.2, 0.25) is 0 Å². The van der Waals surface area contributed by atoms with Crippen molar-refractivity contribution in [2.75, 3.05) is 5.32 Å². The molecule has 4 heteroatoms. The Morgan fingerprint density at radius 3 is 2.84 bits per heavy atom. The Morgan fingerprint density at radius 2 is 2.16 bits per heavy atom. The Bertz CT molecular complexity index is 489. The molecule has 0 aromatic heterocycles. The number of nitrogens with one attached hydrogen (secondary N) is 1. The SMILES string of the molecule is CCCCCC(C)C1C(=O)Nc2c(Br)cc(F)cc21. The van der Waals surface area contributed by atoms with Gasteiger partial charge in [0.15, 0.2) is 0 Å². The molecule has 2 atom stereocenters. The summed E-state index contributed by atoms with van der Waals surface area (Å²) in [5, 5.41) is 2.86. The molecule has 0 saturated carbocycles. The van der Waals surface area contributed by atoms with Crippen molar-refractivity contribution in [3.63, 3.8) is 0 Å². The highest BCUT2D eigenvalue weighted by Crippen LogP contribution is 2.43. The Morgan fingerprint density at radius 1 is 1.42 bits per heavy atom. The van der Waals surface area contributed by atoms with Crippen LogP contribution >= 0.6 is 15.9 Å². The molecule has 1 amide bonds. The number of unbranched alkanes of at least 4 members (excludes halogenated alkanes) is 2. The van der Waals surface area contributed by atoms with Gasteiger partial charge < -0.3 is 5.32 Å².